The number of nitrogen functional groups attached to an aromatic ring is 1. The van der Waals surface area contributed by atoms with Gasteiger partial charge in [-0.2, -0.15) is 0 Å². The Morgan fingerprint density at radius 2 is 2.06 bits per heavy atom. The van der Waals surface area contributed by atoms with Crippen molar-refractivity contribution in [2.75, 3.05) is 5.73 Å². The lowest BCUT2D eigenvalue weighted by atomic mass is 10.2. The monoisotopic (exact) mass is 253 g/mol. The lowest BCUT2D eigenvalue weighted by Crippen LogP contribution is -2.08. The average molecular weight is 254 g/mol. The van der Waals surface area contributed by atoms with Gasteiger partial charge in [0.05, 0.1) is 16.1 Å². The third kappa shape index (κ3) is 1.67. The van der Waals surface area contributed by atoms with Gasteiger partial charge in [-0.15, -0.1) is 0 Å². The molecule has 1 aliphatic rings. The molecule has 1 aliphatic carbocycles. The van der Waals surface area contributed by atoms with E-state index in [2.05, 4.69) is 4.98 Å². The van der Waals surface area contributed by atoms with Crippen molar-refractivity contribution < 1.29 is 4.39 Å². The summed E-state index contributed by atoms with van der Waals surface area (Å²) >= 11 is 5.82. The van der Waals surface area contributed by atoms with Crippen LogP contribution < -0.4 is 5.73 Å². The molecule has 0 aliphatic heterocycles. The van der Waals surface area contributed by atoms with Gasteiger partial charge >= 0.3 is 0 Å². The summed E-state index contributed by atoms with van der Waals surface area (Å²) < 4.78 is 15.3. The van der Waals surface area contributed by atoms with Crippen LogP contribution in [-0.2, 0) is 0 Å². The fraction of sp³-hybridized carbons (Fsp3) is 0.417. The number of nitrogens with two attached hydrogens (primary N) is 1. The van der Waals surface area contributed by atoms with Crippen LogP contribution in [0.4, 0.5) is 10.3 Å². The lowest BCUT2D eigenvalue weighted by Gasteiger charge is -2.14. The summed E-state index contributed by atoms with van der Waals surface area (Å²) in [4.78, 5) is 4.20. The van der Waals surface area contributed by atoms with Crippen molar-refractivity contribution in [3.8, 4) is 0 Å². The average Bonchev–Trinajstić information content (AvgIpc) is 2.86. The van der Waals surface area contributed by atoms with Gasteiger partial charge in [0.15, 0.2) is 0 Å². The second-order valence-corrected chi connectivity index (χ2v) is 4.94. The molecule has 0 bridgehead atoms. The van der Waals surface area contributed by atoms with E-state index < -0.39 is 5.82 Å². The Balaban J connectivity index is 2.22. The third-order valence-corrected chi connectivity index (χ3v) is 3.74. The van der Waals surface area contributed by atoms with Crippen LogP contribution in [0, 0.1) is 5.82 Å². The third-order valence-electron chi connectivity index (χ3n) is 3.45. The number of aromatic nitrogens is 2. The molecule has 1 heterocycles. The Kier molecular flexibility index (Phi) is 2.47. The van der Waals surface area contributed by atoms with E-state index in [0.29, 0.717) is 17.5 Å². The predicted molar refractivity (Wildman–Crippen MR) is 66.6 cm³/mol. The first kappa shape index (κ1) is 10.8. The van der Waals surface area contributed by atoms with E-state index in [4.69, 9.17) is 17.3 Å². The van der Waals surface area contributed by atoms with Crippen molar-refractivity contribution in [3.63, 3.8) is 0 Å². The fourth-order valence-corrected chi connectivity index (χ4v) is 2.81. The quantitative estimate of drug-likeness (QED) is 0.845. The van der Waals surface area contributed by atoms with Gasteiger partial charge in [-0.25, -0.2) is 9.37 Å². The molecule has 2 aromatic rings. The largest absolute Gasteiger partial charge is 0.369 e. The number of anilines is 1. The molecule has 0 amide bonds. The number of halogens is 2. The summed E-state index contributed by atoms with van der Waals surface area (Å²) in [7, 11) is 0. The number of benzene rings is 1. The van der Waals surface area contributed by atoms with Gasteiger partial charge in [-0.05, 0) is 18.9 Å². The molecule has 1 aromatic heterocycles. The van der Waals surface area contributed by atoms with Crippen LogP contribution in [0.25, 0.3) is 11.0 Å². The van der Waals surface area contributed by atoms with Crippen molar-refractivity contribution >= 4 is 28.6 Å². The fourth-order valence-electron chi connectivity index (χ4n) is 2.66. The first-order valence-electron chi connectivity index (χ1n) is 5.79. The minimum Gasteiger partial charge on any atom is -0.369 e. The second-order valence-electron chi connectivity index (χ2n) is 4.53. The van der Waals surface area contributed by atoms with Gasteiger partial charge in [-0.1, -0.05) is 24.4 Å². The standard InChI is InChI=1S/C12H13ClFN3/c13-8-5-11-10(6-9(8)14)16-12(15)17(11)7-3-1-2-4-7/h5-7H,1-4H2,(H2,15,16). The Bertz CT molecular complexity index is 573. The molecule has 1 saturated carbocycles. The van der Waals surface area contributed by atoms with E-state index in [-0.39, 0.29) is 5.02 Å². The van der Waals surface area contributed by atoms with Crippen molar-refractivity contribution in [3.05, 3.63) is 23.0 Å². The second kappa shape index (κ2) is 3.88. The van der Waals surface area contributed by atoms with Crippen LogP contribution in [0.1, 0.15) is 31.7 Å². The predicted octanol–water partition coefficient (Wildman–Crippen LogP) is 3.53. The Morgan fingerprint density at radius 1 is 1.35 bits per heavy atom. The minimum atomic E-state index is -0.449. The topological polar surface area (TPSA) is 43.8 Å². The number of nitrogens with zero attached hydrogens (tertiary/aromatic N) is 2. The Labute approximate surface area is 103 Å². The van der Waals surface area contributed by atoms with E-state index in [1.807, 2.05) is 4.57 Å². The molecule has 2 N–H and O–H groups in total. The van der Waals surface area contributed by atoms with Crippen LogP contribution >= 0.6 is 11.6 Å². The zero-order chi connectivity index (χ0) is 12.0. The van der Waals surface area contributed by atoms with Crippen LogP contribution in [0.2, 0.25) is 5.02 Å². The molecule has 0 saturated heterocycles. The summed E-state index contributed by atoms with van der Waals surface area (Å²) in [6, 6.07) is 3.34. The van der Waals surface area contributed by atoms with Crippen molar-refractivity contribution in [1.82, 2.24) is 9.55 Å². The number of hydrogen-bond donors (Lipinski definition) is 1. The number of fused-ring (bicyclic) bond motifs is 1. The number of rotatable bonds is 1. The molecule has 3 nitrogen and oxygen atoms in total. The molecular formula is C12H13ClFN3. The highest BCUT2D eigenvalue weighted by Gasteiger charge is 2.22. The highest BCUT2D eigenvalue weighted by Crippen LogP contribution is 2.35. The van der Waals surface area contributed by atoms with Gasteiger partial charge in [0.2, 0.25) is 5.95 Å². The summed E-state index contributed by atoms with van der Waals surface area (Å²) in [5.41, 5.74) is 7.33. The molecule has 3 rings (SSSR count). The maximum absolute atomic E-state index is 13.3. The molecule has 0 unspecified atom stereocenters. The zero-order valence-corrected chi connectivity index (χ0v) is 10.0. The van der Waals surface area contributed by atoms with Crippen molar-refractivity contribution in [2.24, 2.45) is 0 Å². The number of imidazole rings is 1. The highest BCUT2D eigenvalue weighted by atomic mass is 35.5. The van der Waals surface area contributed by atoms with E-state index in [9.17, 15) is 4.39 Å². The first-order valence-corrected chi connectivity index (χ1v) is 6.17. The van der Waals surface area contributed by atoms with Gasteiger partial charge in [-0.3, -0.25) is 0 Å². The lowest BCUT2D eigenvalue weighted by molar-refractivity contribution is 0.539. The van der Waals surface area contributed by atoms with Crippen molar-refractivity contribution in [2.45, 2.75) is 31.7 Å². The summed E-state index contributed by atoms with van der Waals surface area (Å²) in [6.45, 7) is 0. The van der Waals surface area contributed by atoms with Crippen LogP contribution in [0.3, 0.4) is 0 Å². The van der Waals surface area contributed by atoms with Crippen LogP contribution in [-0.4, -0.2) is 9.55 Å². The molecule has 90 valence electrons. The smallest absolute Gasteiger partial charge is 0.201 e. The Morgan fingerprint density at radius 3 is 2.76 bits per heavy atom. The SMILES string of the molecule is Nc1nc2cc(F)c(Cl)cc2n1C1CCCC1. The summed E-state index contributed by atoms with van der Waals surface area (Å²) in [5.74, 6) is 0.00352. The van der Waals surface area contributed by atoms with E-state index in [1.54, 1.807) is 6.07 Å². The molecule has 1 fully saturated rings. The van der Waals surface area contributed by atoms with Gasteiger partial charge in [0.25, 0.3) is 0 Å². The molecule has 0 spiro atoms. The van der Waals surface area contributed by atoms with Crippen LogP contribution in [0.15, 0.2) is 12.1 Å². The first-order chi connectivity index (χ1) is 8.16. The molecule has 0 radical (unpaired) electrons. The van der Waals surface area contributed by atoms with E-state index in [0.717, 1.165) is 18.4 Å². The van der Waals surface area contributed by atoms with E-state index >= 15 is 0 Å². The van der Waals surface area contributed by atoms with E-state index in [1.165, 1.54) is 18.9 Å². The Hall–Kier alpha value is -1.29. The minimum absolute atomic E-state index is 0.122. The maximum Gasteiger partial charge on any atom is 0.201 e. The molecule has 1 aromatic carbocycles. The summed E-state index contributed by atoms with van der Waals surface area (Å²) in [5, 5.41) is 0.122. The summed E-state index contributed by atoms with van der Waals surface area (Å²) in [6.07, 6.45) is 4.62. The van der Waals surface area contributed by atoms with Gasteiger partial charge in [0, 0.05) is 12.1 Å². The van der Waals surface area contributed by atoms with Crippen molar-refractivity contribution in [1.29, 1.82) is 0 Å². The zero-order valence-electron chi connectivity index (χ0n) is 9.29. The molecule has 5 heteroatoms. The molecule has 0 atom stereocenters. The highest BCUT2D eigenvalue weighted by molar-refractivity contribution is 6.31. The van der Waals surface area contributed by atoms with Gasteiger partial charge < -0.3 is 10.3 Å². The molecule has 17 heavy (non-hydrogen) atoms. The van der Waals surface area contributed by atoms with Crippen LogP contribution in [0.5, 0.6) is 0 Å². The molecular weight excluding hydrogens is 241 g/mol. The normalized spacial score (nSPS) is 17.1. The van der Waals surface area contributed by atoms with Gasteiger partial charge in [0.1, 0.15) is 5.82 Å². The number of hydrogen-bond acceptors (Lipinski definition) is 2. The maximum atomic E-state index is 13.3.